The van der Waals surface area contributed by atoms with Crippen LogP contribution in [0, 0.1) is 0 Å². The predicted octanol–water partition coefficient (Wildman–Crippen LogP) is 4.90. The molecule has 1 aliphatic rings. The maximum Gasteiger partial charge on any atom is 0.225 e. The predicted molar refractivity (Wildman–Crippen MR) is 135 cm³/mol. The van der Waals surface area contributed by atoms with Gasteiger partial charge in [0.15, 0.2) is 5.82 Å². The van der Waals surface area contributed by atoms with Crippen LogP contribution in [0.1, 0.15) is 40.6 Å². The number of benzene rings is 3. The van der Waals surface area contributed by atoms with E-state index in [1.165, 1.54) is 0 Å². The minimum absolute atomic E-state index is 0.162. The number of carbonyl (C=O) groups excluding carboxylic acids is 1. The van der Waals surface area contributed by atoms with E-state index in [4.69, 9.17) is 14.7 Å². The number of fused-ring (bicyclic) bond motifs is 3. The average Bonchev–Trinajstić information content (AvgIpc) is 2.91. The third-order valence-electron chi connectivity index (χ3n) is 6.31. The smallest absolute Gasteiger partial charge is 0.225 e. The second kappa shape index (κ2) is 10.1. The zero-order valence-corrected chi connectivity index (χ0v) is 19.6. The van der Waals surface area contributed by atoms with Gasteiger partial charge in [-0.15, -0.1) is 0 Å². The van der Waals surface area contributed by atoms with E-state index in [9.17, 15) is 9.90 Å². The Morgan fingerprint density at radius 3 is 2.49 bits per heavy atom. The first kappa shape index (κ1) is 22.7. The van der Waals surface area contributed by atoms with Crippen LogP contribution in [0.15, 0.2) is 78.9 Å². The van der Waals surface area contributed by atoms with E-state index in [-0.39, 0.29) is 5.91 Å². The molecule has 6 heteroatoms. The van der Waals surface area contributed by atoms with Crippen molar-refractivity contribution in [1.29, 1.82) is 0 Å². The Labute approximate surface area is 204 Å². The van der Waals surface area contributed by atoms with E-state index in [0.717, 1.165) is 40.2 Å². The Morgan fingerprint density at radius 2 is 1.74 bits per heavy atom. The van der Waals surface area contributed by atoms with Gasteiger partial charge in [0.25, 0.3) is 0 Å². The van der Waals surface area contributed by atoms with Gasteiger partial charge in [0.2, 0.25) is 5.91 Å². The highest BCUT2D eigenvalue weighted by Crippen LogP contribution is 2.36. The zero-order valence-electron chi connectivity index (χ0n) is 19.6. The molecule has 0 saturated carbocycles. The number of hydrogen-bond donors (Lipinski definition) is 2. The lowest BCUT2D eigenvalue weighted by atomic mass is 9.91. The lowest BCUT2D eigenvalue weighted by Gasteiger charge is -2.23. The van der Waals surface area contributed by atoms with E-state index in [1.807, 2.05) is 78.9 Å². The van der Waals surface area contributed by atoms with Crippen LogP contribution in [0.4, 0.5) is 5.82 Å². The van der Waals surface area contributed by atoms with Gasteiger partial charge in [0.05, 0.1) is 18.5 Å². The van der Waals surface area contributed by atoms with Crippen molar-refractivity contribution < 1.29 is 14.6 Å². The molecule has 1 unspecified atom stereocenters. The van der Waals surface area contributed by atoms with Gasteiger partial charge in [-0.05, 0) is 54.2 Å². The summed E-state index contributed by atoms with van der Waals surface area (Å²) in [5.74, 6) is 0.952. The molecule has 2 N–H and O–H groups in total. The number of ether oxygens (including phenoxy) is 1. The van der Waals surface area contributed by atoms with Crippen molar-refractivity contribution >= 4 is 11.7 Å². The molecule has 0 aliphatic heterocycles. The number of methoxy groups -OCH3 is 1. The van der Waals surface area contributed by atoms with Crippen molar-refractivity contribution in [1.82, 2.24) is 9.97 Å². The van der Waals surface area contributed by atoms with Crippen LogP contribution in [0.25, 0.3) is 11.3 Å². The summed E-state index contributed by atoms with van der Waals surface area (Å²) < 4.78 is 5.38. The number of aliphatic hydroxyl groups is 1. The molecule has 0 radical (unpaired) electrons. The Balaban J connectivity index is 1.50. The van der Waals surface area contributed by atoms with Gasteiger partial charge in [-0.1, -0.05) is 60.7 Å². The Hall–Kier alpha value is -4.03. The van der Waals surface area contributed by atoms with Crippen molar-refractivity contribution in [2.75, 3.05) is 12.4 Å². The third-order valence-corrected chi connectivity index (χ3v) is 6.31. The van der Waals surface area contributed by atoms with E-state index < -0.39 is 6.10 Å². The molecule has 176 valence electrons. The molecule has 1 heterocycles. The molecule has 0 fully saturated rings. The van der Waals surface area contributed by atoms with Gasteiger partial charge in [-0.25, -0.2) is 9.97 Å². The number of hydrogen-bond acceptors (Lipinski definition) is 5. The molecule has 0 bridgehead atoms. The van der Waals surface area contributed by atoms with Crippen molar-refractivity contribution in [3.8, 4) is 17.0 Å². The molecule has 35 heavy (non-hydrogen) atoms. The lowest BCUT2D eigenvalue weighted by molar-refractivity contribution is -0.116. The number of nitrogens with zero attached hydrogens (tertiary/aromatic N) is 2. The number of nitrogens with one attached hydrogen (secondary N) is 1. The van der Waals surface area contributed by atoms with Crippen LogP contribution in [-0.2, 0) is 24.1 Å². The number of anilines is 1. The van der Waals surface area contributed by atoms with Gasteiger partial charge in [0.1, 0.15) is 17.5 Å². The van der Waals surface area contributed by atoms with Crippen LogP contribution in [0.2, 0.25) is 0 Å². The minimum Gasteiger partial charge on any atom is -0.497 e. The fraction of sp³-hybridized carbons (Fsp3) is 0.207. The number of amides is 1. The van der Waals surface area contributed by atoms with Crippen molar-refractivity contribution in [3.05, 3.63) is 107 Å². The number of aryl methyl sites for hydroxylation is 3. The van der Waals surface area contributed by atoms with Gasteiger partial charge in [-0.3, -0.25) is 4.79 Å². The summed E-state index contributed by atoms with van der Waals surface area (Å²) in [6, 6.07) is 25.1. The standard InChI is InChI=1S/C29H27N3O3/c1-35-22-14-15-23-21(18-22)13-16-24-26(23)32-27(28(34)20-10-6-3-7-11-20)29(30-24)31-25(33)17-12-19-8-4-2-5-9-19/h2-11,14-15,18,28,34H,12-13,16-17H2,1H3,(H,30,31,33). The summed E-state index contributed by atoms with van der Waals surface area (Å²) in [5.41, 5.74) is 5.77. The molecule has 5 rings (SSSR count). The maximum atomic E-state index is 12.9. The van der Waals surface area contributed by atoms with Gasteiger partial charge in [-0.2, -0.15) is 0 Å². The SMILES string of the molecule is COc1ccc2c(c1)CCc1nc(NC(=O)CCc3ccccc3)c(C(O)c3ccccc3)nc1-2. The topological polar surface area (TPSA) is 84.3 Å². The third kappa shape index (κ3) is 4.93. The fourth-order valence-electron chi connectivity index (χ4n) is 4.43. The first-order valence-electron chi connectivity index (χ1n) is 11.8. The number of aliphatic hydroxyl groups excluding tert-OH is 1. The molecule has 4 aromatic rings. The number of aromatic nitrogens is 2. The van der Waals surface area contributed by atoms with Crippen LogP contribution in [-0.4, -0.2) is 28.1 Å². The number of rotatable bonds is 7. The summed E-state index contributed by atoms with van der Waals surface area (Å²) in [6.07, 6.45) is 1.40. The van der Waals surface area contributed by atoms with Crippen LogP contribution >= 0.6 is 0 Å². The molecule has 0 saturated heterocycles. The monoisotopic (exact) mass is 465 g/mol. The van der Waals surface area contributed by atoms with Crippen molar-refractivity contribution in [2.24, 2.45) is 0 Å². The first-order valence-corrected chi connectivity index (χ1v) is 11.8. The first-order chi connectivity index (χ1) is 17.1. The second-order valence-electron chi connectivity index (χ2n) is 8.62. The number of carbonyl (C=O) groups is 1. The highest BCUT2D eigenvalue weighted by Gasteiger charge is 2.26. The van der Waals surface area contributed by atoms with Gasteiger partial charge in [0, 0.05) is 12.0 Å². The Kier molecular flexibility index (Phi) is 6.55. The van der Waals surface area contributed by atoms with Gasteiger partial charge >= 0.3 is 0 Å². The molecule has 1 aliphatic carbocycles. The summed E-state index contributed by atoms with van der Waals surface area (Å²) >= 11 is 0. The normalized spacial score (nSPS) is 12.9. The van der Waals surface area contributed by atoms with Crippen molar-refractivity contribution in [2.45, 2.75) is 31.8 Å². The highest BCUT2D eigenvalue weighted by atomic mass is 16.5. The molecule has 1 aromatic heterocycles. The largest absolute Gasteiger partial charge is 0.497 e. The summed E-state index contributed by atoms with van der Waals surface area (Å²) in [7, 11) is 1.65. The molecule has 0 spiro atoms. The summed E-state index contributed by atoms with van der Waals surface area (Å²) in [6.45, 7) is 0. The Bertz CT molecular complexity index is 1340. The fourth-order valence-corrected chi connectivity index (χ4v) is 4.43. The summed E-state index contributed by atoms with van der Waals surface area (Å²) in [4.78, 5) is 22.6. The summed E-state index contributed by atoms with van der Waals surface area (Å²) in [5, 5.41) is 14.2. The zero-order chi connectivity index (χ0) is 24.2. The van der Waals surface area contributed by atoms with Crippen molar-refractivity contribution in [3.63, 3.8) is 0 Å². The molecule has 6 nitrogen and oxygen atoms in total. The van der Waals surface area contributed by atoms with Crippen LogP contribution < -0.4 is 10.1 Å². The lowest BCUT2D eigenvalue weighted by Crippen LogP contribution is -2.20. The molecule has 3 aromatic carbocycles. The van der Waals surface area contributed by atoms with E-state index in [1.54, 1.807) is 7.11 Å². The Morgan fingerprint density at radius 1 is 1.00 bits per heavy atom. The van der Waals surface area contributed by atoms with E-state index in [0.29, 0.717) is 36.3 Å². The van der Waals surface area contributed by atoms with Crippen LogP contribution in [0.3, 0.4) is 0 Å². The van der Waals surface area contributed by atoms with Crippen LogP contribution in [0.5, 0.6) is 5.75 Å². The average molecular weight is 466 g/mol. The van der Waals surface area contributed by atoms with E-state index in [2.05, 4.69) is 5.32 Å². The van der Waals surface area contributed by atoms with E-state index >= 15 is 0 Å². The highest BCUT2D eigenvalue weighted by molar-refractivity contribution is 5.91. The quantitative estimate of drug-likeness (QED) is 0.405. The minimum atomic E-state index is -1.03. The second-order valence-corrected chi connectivity index (χ2v) is 8.62. The maximum absolute atomic E-state index is 12.9. The molecule has 1 atom stereocenters. The molecule has 1 amide bonds. The molecular formula is C29H27N3O3. The molecular weight excluding hydrogens is 438 g/mol. The van der Waals surface area contributed by atoms with Gasteiger partial charge < -0.3 is 15.2 Å².